The molecule has 0 unspecified atom stereocenters. The first-order valence-electron chi connectivity index (χ1n) is 10.3. The summed E-state index contributed by atoms with van der Waals surface area (Å²) >= 11 is 0. The summed E-state index contributed by atoms with van der Waals surface area (Å²) in [5.41, 5.74) is 8.53. The van der Waals surface area contributed by atoms with Crippen molar-refractivity contribution >= 4 is 16.9 Å². The van der Waals surface area contributed by atoms with Crippen LogP contribution in [0.3, 0.4) is 0 Å². The van der Waals surface area contributed by atoms with Gasteiger partial charge < -0.3 is 9.47 Å². The fourth-order valence-corrected chi connectivity index (χ4v) is 4.08. The van der Waals surface area contributed by atoms with E-state index in [0.717, 1.165) is 29.0 Å². The van der Waals surface area contributed by atoms with Crippen molar-refractivity contribution in [2.24, 2.45) is 0 Å². The molecular weight excluding hydrogens is 370 g/mol. The van der Waals surface area contributed by atoms with Crippen LogP contribution in [0.25, 0.3) is 33.5 Å². The van der Waals surface area contributed by atoms with Crippen molar-refractivity contribution in [1.82, 2.24) is 14.5 Å². The molecule has 3 aromatic carbocycles. The molecule has 0 saturated carbocycles. The number of benzene rings is 3. The maximum absolute atomic E-state index is 12.4. The third-order valence-corrected chi connectivity index (χ3v) is 5.56. The molecule has 152 valence electrons. The highest BCUT2D eigenvalue weighted by atomic mass is 16.2. The van der Waals surface area contributed by atoms with Gasteiger partial charge in [-0.3, -0.25) is 4.79 Å². The minimum absolute atomic E-state index is 0.0137. The average molecular weight is 398 g/mol. The van der Waals surface area contributed by atoms with E-state index < -0.39 is 0 Å². The molecule has 0 radical (unpaired) electrons. The maximum atomic E-state index is 12.4. The molecule has 1 heterocycles. The summed E-state index contributed by atoms with van der Waals surface area (Å²) in [5.74, 6) is 0.915. The molecule has 4 rings (SSSR count). The molecule has 0 fully saturated rings. The molecule has 0 aliphatic heterocycles. The van der Waals surface area contributed by atoms with E-state index in [-0.39, 0.29) is 5.91 Å². The van der Waals surface area contributed by atoms with Crippen LogP contribution in [-0.2, 0) is 6.54 Å². The van der Waals surface area contributed by atoms with Gasteiger partial charge in [0.25, 0.3) is 5.91 Å². The van der Waals surface area contributed by atoms with Crippen molar-refractivity contribution in [1.29, 1.82) is 0 Å². The largest absolute Gasteiger partial charge is 0.345 e. The molecule has 4 nitrogen and oxygen atoms in total. The van der Waals surface area contributed by atoms with Gasteiger partial charge in [-0.05, 0) is 55.7 Å². The standard InChI is InChI=1S/C26H27N3O/c1-6-29-24-14-12-19(26(30)28(4)5)16-23(24)27-25(29)22-10-8-7-9-21(22)20-13-11-17(2)15-18(20)3/h7-16H,6H2,1-5H3. The summed E-state index contributed by atoms with van der Waals surface area (Å²) in [6.45, 7) is 7.20. The molecule has 30 heavy (non-hydrogen) atoms. The molecule has 4 heteroatoms. The molecule has 4 aromatic rings. The fraction of sp³-hybridized carbons (Fsp3) is 0.231. The monoisotopic (exact) mass is 397 g/mol. The minimum Gasteiger partial charge on any atom is -0.345 e. The predicted molar refractivity (Wildman–Crippen MR) is 124 cm³/mol. The van der Waals surface area contributed by atoms with Crippen LogP contribution in [-0.4, -0.2) is 34.5 Å². The lowest BCUT2D eigenvalue weighted by Crippen LogP contribution is -2.21. The van der Waals surface area contributed by atoms with Gasteiger partial charge in [0, 0.05) is 31.8 Å². The molecule has 0 aliphatic rings. The minimum atomic E-state index is -0.0137. The number of rotatable bonds is 4. The van der Waals surface area contributed by atoms with E-state index in [1.165, 1.54) is 22.3 Å². The highest BCUT2D eigenvalue weighted by Crippen LogP contribution is 2.35. The summed E-state index contributed by atoms with van der Waals surface area (Å²) in [4.78, 5) is 19.0. The zero-order chi connectivity index (χ0) is 21.4. The molecule has 0 spiro atoms. The Morgan fingerprint density at radius 1 is 0.933 bits per heavy atom. The summed E-state index contributed by atoms with van der Waals surface area (Å²) < 4.78 is 2.22. The van der Waals surface area contributed by atoms with Crippen LogP contribution < -0.4 is 0 Å². The van der Waals surface area contributed by atoms with Crippen LogP contribution in [0.15, 0.2) is 60.7 Å². The van der Waals surface area contributed by atoms with Gasteiger partial charge in [-0.1, -0.05) is 48.0 Å². The molecule has 0 bridgehead atoms. The van der Waals surface area contributed by atoms with Crippen molar-refractivity contribution in [2.45, 2.75) is 27.3 Å². The first-order valence-corrected chi connectivity index (χ1v) is 10.3. The second-order valence-corrected chi connectivity index (χ2v) is 7.95. The molecule has 0 aliphatic carbocycles. The van der Waals surface area contributed by atoms with Crippen LogP contribution in [0, 0.1) is 13.8 Å². The summed E-state index contributed by atoms with van der Waals surface area (Å²) in [7, 11) is 3.53. The van der Waals surface area contributed by atoms with Gasteiger partial charge in [-0.25, -0.2) is 4.98 Å². The van der Waals surface area contributed by atoms with Crippen molar-refractivity contribution in [2.75, 3.05) is 14.1 Å². The number of aromatic nitrogens is 2. The maximum Gasteiger partial charge on any atom is 0.253 e. The summed E-state index contributed by atoms with van der Waals surface area (Å²) in [6, 6.07) is 20.8. The number of hydrogen-bond acceptors (Lipinski definition) is 2. The Morgan fingerprint density at radius 2 is 1.67 bits per heavy atom. The molecule has 0 atom stereocenters. The first kappa shape index (κ1) is 19.9. The Morgan fingerprint density at radius 3 is 2.33 bits per heavy atom. The zero-order valence-electron chi connectivity index (χ0n) is 18.2. The Bertz CT molecular complexity index is 1250. The van der Waals surface area contributed by atoms with E-state index in [0.29, 0.717) is 5.56 Å². The van der Waals surface area contributed by atoms with Gasteiger partial charge in [-0.2, -0.15) is 0 Å². The van der Waals surface area contributed by atoms with Gasteiger partial charge in [0.2, 0.25) is 0 Å². The van der Waals surface area contributed by atoms with Crippen LogP contribution >= 0.6 is 0 Å². The first-order chi connectivity index (χ1) is 14.4. The number of carbonyl (C=O) groups excluding carboxylic acids is 1. The van der Waals surface area contributed by atoms with E-state index in [2.05, 4.69) is 67.8 Å². The van der Waals surface area contributed by atoms with E-state index in [9.17, 15) is 4.79 Å². The Hall–Kier alpha value is -3.40. The summed E-state index contributed by atoms with van der Waals surface area (Å²) in [6.07, 6.45) is 0. The third-order valence-electron chi connectivity index (χ3n) is 5.56. The van der Waals surface area contributed by atoms with E-state index in [4.69, 9.17) is 4.98 Å². The average Bonchev–Trinajstić information content (AvgIpc) is 3.10. The Labute approximate surface area is 177 Å². The van der Waals surface area contributed by atoms with E-state index >= 15 is 0 Å². The normalized spacial score (nSPS) is 11.1. The number of amides is 1. The molecule has 0 N–H and O–H groups in total. The summed E-state index contributed by atoms with van der Waals surface area (Å²) in [5, 5.41) is 0. The van der Waals surface area contributed by atoms with Gasteiger partial charge >= 0.3 is 0 Å². The Kier molecular flexibility index (Phi) is 5.17. The number of carbonyl (C=O) groups is 1. The quantitative estimate of drug-likeness (QED) is 0.442. The lowest BCUT2D eigenvalue weighted by atomic mass is 9.94. The molecule has 0 saturated heterocycles. The molecule has 1 aromatic heterocycles. The smallest absolute Gasteiger partial charge is 0.253 e. The van der Waals surface area contributed by atoms with Crippen molar-refractivity contribution in [3.05, 3.63) is 77.4 Å². The number of imidazole rings is 1. The van der Waals surface area contributed by atoms with E-state index in [1.54, 1.807) is 19.0 Å². The van der Waals surface area contributed by atoms with Crippen LogP contribution in [0.4, 0.5) is 0 Å². The number of aryl methyl sites for hydroxylation is 3. The number of fused-ring (bicyclic) bond motifs is 1. The van der Waals surface area contributed by atoms with Crippen molar-refractivity contribution in [3.63, 3.8) is 0 Å². The lowest BCUT2D eigenvalue weighted by molar-refractivity contribution is 0.0827. The fourth-order valence-electron chi connectivity index (χ4n) is 4.08. The van der Waals surface area contributed by atoms with Crippen molar-refractivity contribution in [3.8, 4) is 22.5 Å². The highest BCUT2D eigenvalue weighted by molar-refractivity contribution is 5.98. The van der Waals surface area contributed by atoms with Gasteiger partial charge in [0.1, 0.15) is 5.82 Å². The number of nitrogens with zero attached hydrogens (tertiary/aromatic N) is 3. The molecule has 1 amide bonds. The SMILES string of the molecule is CCn1c(-c2ccccc2-c2ccc(C)cc2C)nc2cc(C(=O)N(C)C)ccc21. The van der Waals surface area contributed by atoms with E-state index in [1.807, 2.05) is 18.2 Å². The predicted octanol–water partition coefficient (Wildman–Crippen LogP) is 5.71. The highest BCUT2D eigenvalue weighted by Gasteiger charge is 2.18. The second kappa shape index (κ2) is 7.79. The third kappa shape index (κ3) is 3.39. The molecular formula is C26H27N3O. The second-order valence-electron chi connectivity index (χ2n) is 7.95. The number of hydrogen-bond donors (Lipinski definition) is 0. The Balaban J connectivity index is 1.93. The zero-order valence-corrected chi connectivity index (χ0v) is 18.2. The van der Waals surface area contributed by atoms with Gasteiger partial charge in [-0.15, -0.1) is 0 Å². The lowest BCUT2D eigenvalue weighted by Gasteiger charge is -2.14. The van der Waals surface area contributed by atoms with Gasteiger partial charge in [0.05, 0.1) is 11.0 Å². The topological polar surface area (TPSA) is 38.1 Å². The van der Waals surface area contributed by atoms with Gasteiger partial charge in [0.15, 0.2) is 0 Å². The van der Waals surface area contributed by atoms with Crippen LogP contribution in [0.1, 0.15) is 28.4 Å². The van der Waals surface area contributed by atoms with Crippen molar-refractivity contribution < 1.29 is 4.79 Å². The van der Waals surface area contributed by atoms with Crippen LogP contribution in [0.2, 0.25) is 0 Å². The van der Waals surface area contributed by atoms with Crippen LogP contribution in [0.5, 0.6) is 0 Å².